The summed E-state index contributed by atoms with van der Waals surface area (Å²) in [5, 5.41) is 2.49. The van der Waals surface area contributed by atoms with Gasteiger partial charge in [0.05, 0.1) is 16.4 Å². The van der Waals surface area contributed by atoms with Crippen LogP contribution in [0.4, 0.5) is 0 Å². The van der Waals surface area contributed by atoms with Crippen LogP contribution in [-0.2, 0) is 5.41 Å². The van der Waals surface area contributed by atoms with Crippen LogP contribution in [0.15, 0.2) is 194 Å². The zero-order valence-electron chi connectivity index (χ0n) is 30.3. The molecule has 260 valence electrons. The van der Waals surface area contributed by atoms with E-state index in [9.17, 15) is 0 Å². The molecular weight excluding hydrogens is 681 g/mol. The largest absolute Gasteiger partial charge is 0.309 e. The standard InChI is InChI=1S/C52H32N4/c1-4-16-33(17-5-1)49-53-50(34-18-6-2-7-19-34)55-51(54-49)35-28-29-39-37-22-10-13-25-43(37)52(45(39)30-35)44-26-14-11-23-38(44)41-32-48-42(31-46(41)52)40-24-12-15-27-47(40)56(48)36-20-8-3-9-21-36/h1-32H. The highest BCUT2D eigenvalue weighted by Crippen LogP contribution is 2.63. The van der Waals surface area contributed by atoms with Crippen molar-refractivity contribution in [3.05, 3.63) is 216 Å². The molecule has 0 radical (unpaired) electrons. The summed E-state index contributed by atoms with van der Waals surface area (Å²) in [4.78, 5) is 15.3. The second-order valence-electron chi connectivity index (χ2n) is 14.7. The maximum absolute atomic E-state index is 5.16. The van der Waals surface area contributed by atoms with Crippen molar-refractivity contribution in [3.63, 3.8) is 0 Å². The molecule has 2 aliphatic carbocycles. The minimum absolute atomic E-state index is 0.546. The van der Waals surface area contributed by atoms with Gasteiger partial charge in [0, 0.05) is 33.2 Å². The molecular formula is C52H32N4. The first-order valence-corrected chi connectivity index (χ1v) is 19.1. The molecule has 0 aliphatic heterocycles. The van der Waals surface area contributed by atoms with Crippen molar-refractivity contribution in [2.24, 2.45) is 0 Å². The minimum atomic E-state index is -0.546. The Kier molecular flexibility index (Phi) is 6.52. The predicted molar refractivity (Wildman–Crippen MR) is 227 cm³/mol. The Bertz CT molecular complexity index is 3130. The summed E-state index contributed by atoms with van der Waals surface area (Å²) in [6.45, 7) is 0. The van der Waals surface area contributed by atoms with E-state index in [1.807, 2.05) is 36.4 Å². The van der Waals surface area contributed by atoms with Crippen molar-refractivity contribution in [1.82, 2.24) is 19.5 Å². The molecule has 0 saturated heterocycles. The first-order chi connectivity index (χ1) is 27.8. The van der Waals surface area contributed by atoms with Gasteiger partial charge in [-0.25, -0.2) is 15.0 Å². The maximum atomic E-state index is 5.16. The lowest BCUT2D eigenvalue weighted by atomic mass is 9.70. The molecule has 2 aromatic heterocycles. The fourth-order valence-electron chi connectivity index (χ4n) is 9.53. The van der Waals surface area contributed by atoms with Crippen LogP contribution in [0.25, 0.3) is 83.9 Å². The third-order valence-electron chi connectivity index (χ3n) is 11.9. The molecule has 1 spiro atoms. The van der Waals surface area contributed by atoms with Gasteiger partial charge < -0.3 is 4.57 Å². The van der Waals surface area contributed by atoms with Crippen molar-refractivity contribution in [2.45, 2.75) is 5.41 Å². The molecule has 4 nitrogen and oxygen atoms in total. The third-order valence-corrected chi connectivity index (χ3v) is 11.9. The van der Waals surface area contributed by atoms with Gasteiger partial charge in [0.25, 0.3) is 0 Å². The summed E-state index contributed by atoms with van der Waals surface area (Å²) < 4.78 is 2.42. The lowest BCUT2D eigenvalue weighted by Crippen LogP contribution is -2.26. The number of para-hydroxylation sites is 2. The smallest absolute Gasteiger partial charge is 0.164 e. The Morgan fingerprint density at radius 3 is 1.48 bits per heavy atom. The third kappa shape index (κ3) is 4.27. The van der Waals surface area contributed by atoms with E-state index in [-0.39, 0.29) is 0 Å². The molecule has 2 aliphatic rings. The van der Waals surface area contributed by atoms with E-state index >= 15 is 0 Å². The molecule has 2 heterocycles. The molecule has 4 heteroatoms. The molecule has 0 bridgehead atoms. The Morgan fingerprint density at radius 1 is 0.321 bits per heavy atom. The fourth-order valence-corrected chi connectivity index (χ4v) is 9.53. The number of hydrogen-bond acceptors (Lipinski definition) is 3. The van der Waals surface area contributed by atoms with Crippen molar-refractivity contribution >= 4 is 21.8 Å². The maximum Gasteiger partial charge on any atom is 0.164 e. The Labute approximate surface area is 324 Å². The molecule has 8 aromatic carbocycles. The summed E-state index contributed by atoms with van der Waals surface area (Å²) in [5.41, 5.74) is 16.1. The molecule has 0 N–H and O–H groups in total. The van der Waals surface area contributed by atoms with Crippen LogP contribution in [0.2, 0.25) is 0 Å². The number of hydrogen-bond donors (Lipinski definition) is 0. The number of rotatable bonds is 4. The van der Waals surface area contributed by atoms with E-state index in [2.05, 4.69) is 162 Å². The lowest BCUT2D eigenvalue weighted by Gasteiger charge is -2.30. The van der Waals surface area contributed by atoms with Crippen LogP contribution in [0.3, 0.4) is 0 Å². The van der Waals surface area contributed by atoms with Gasteiger partial charge in [0.2, 0.25) is 0 Å². The predicted octanol–water partition coefficient (Wildman–Crippen LogP) is 12.3. The Balaban J connectivity index is 1.15. The normalized spacial score (nSPS) is 14.9. The van der Waals surface area contributed by atoms with Gasteiger partial charge in [-0.05, 0) is 80.9 Å². The number of nitrogens with zero attached hydrogens (tertiary/aromatic N) is 4. The highest BCUT2D eigenvalue weighted by Gasteiger charge is 2.52. The summed E-state index contributed by atoms with van der Waals surface area (Å²) >= 11 is 0. The van der Waals surface area contributed by atoms with E-state index in [1.54, 1.807) is 0 Å². The van der Waals surface area contributed by atoms with Crippen LogP contribution in [0, 0.1) is 0 Å². The van der Waals surface area contributed by atoms with Gasteiger partial charge in [-0.1, -0.05) is 158 Å². The quantitative estimate of drug-likeness (QED) is 0.182. The van der Waals surface area contributed by atoms with Crippen LogP contribution in [0.5, 0.6) is 0 Å². The number of benzene rings is 8. The van der Waals surface area contributed by atoms with Gasteiger partial charge in [-0.15, -0.1) is 0 Å². The first-order valence-electron chi connectivity index (χ1n) is 19.1. The van der Waals surface area contributed by atoms with E-state index in [1.165, 1.54) is 66.3 Å². The Hall–Kier alpha value is -7.43. The van der Waals surface area contributed by atoms with Crippen LogP contribution < -0.4 is 0 Å². The molecule has 12 rings (SSSR count). The monoisotopic (exact) mass is 712 g/mol. The van der Waals surface area contributed by atoms with Gasteiger partial charge >= 0.3 is 0 Å². The van der Waals surface area contributed by atoms with E-state index in [0.717, 1.165) is 22.4 Å². The second kappa shape index (κ2) is 11.8. The average Bonchev–Trinajstić information content (AvgIpc) is 3.87. The topological polar surface area (TPSA) is 43.6 Å². The van der Waals surface area contributed by atoms with Gasteiger partial charge in [0.15, 0.2) is 17.5 Å². The molecule has 0 amide bonds. The molecule has 56 heavy (non-hydrogen) atoms. The number of aromatic nitrogens is 4. The highest BCUT2D eigenvalue weighted by molar-refractivity contribution is 6.12. The lowest BCUT2D eigenvalue weighted by molar-refractivity contribution is 0.795. The van der Waals surface area contributed by atoms with Crippen molar-refractivity contribution in [1.29, 1.82) is 0 Å². The first kappa shape index (κ1) is 31.0. The molecule has 10 aromatic rings. The van der Waals surface area contributed by atoms with Crippen LogP contribution >= 0.6 is 0 Å². The van der Waals surface area contributed by atoms with E-state index in [4.69, 9.17) is 15.0 Å². The second-order valence-corrected chi connectivity index (χ2v) is 14.7. The van der Waals surface area contributed by atoms with Crippen molar-refractivity contribution in [2.75, 3.05) is 0 Å². The van der Waals surface area contributed by atoms with Crippen LogP contribution in [0.1, 0.15) is 22.3 Å². The highest BCUT2D eigenvalue weighted by atomic mass is 15.0. The summed E-state index contributed by atoms with van der Waals surface area (Å²) in [7, 11) is 0. The zero-order valence-corrected chi connectivity index (χ0v) is 30.3. The molecule has 0 saturated carbocycles. The average molecular weight is 713 g/mol. The Morgan fingerprint density at radius 2 is 0.821 bits per heavy atom. The van der Waals surface area contributed by atoms with Crippen LogP contribution in [-0.4, -0.2) is 19.5 Å². The van der Waals surface area contributed by atoms with Gasteiger partial charge in [-0.2, -0.15) is 0 Å². The number of fused-ring (bicyclic) bond motifs is 13. The SMILES string of the molecule is c1ccc(-c2nc(-c3ccccc3)nc(-c3ccc4c(c3)C3(c5ccccc5-4)c4ccccc4-c4cc5c(cc43)c3ccccc3n5-c3ccccc3)n2)cc1. The molecule has 1 unspecified atom stereocenters. The fraction of sp³-hybridized carbons (Fsp3) is 0.0192. The van der Waals surface area contributed by atoms with Gasteiger partial charge in [-0.3, -0.25) is 0 Å². The summed E-state index contributed by atoms with van der Waals surface area (Å²) in [6.07, 6.45) is 0. The van der Waals surface area contributed by atoms with Crippen molar-refractivity contribution < 1.29 is 0 Å². The van der Waals surface area contributed by atoms with Gasteiger partial charge in [0.1, 0.15) is 0 Å². The van der Waals surface area contributed by atoms with E-state index in [0.29, 0.717) is 17.5 Å². The van der Waals surface area contributed by atoms with Crippen molar-refractivity contribution in [3.8, 4) is 62.1 Å². The molecule has 1 atom stereocenters. The summed E-state index contributed by atoms with van der Waals surface area (Å²) in [5.74, 6) is 1.96. The summed E-state index contributed by atoms with van der Waals surface area (Å²) in [6, 6.07) is 69.7. The molecule has 0 fully saturated rings. The minimum Gasteiger partial charge on any atom is -0.309 e. The van der Waals surface area contributed by atoms with E-state index < -0.39 is 5.41 Å². The zero-order chi connectivity index (χ0) is 36.8.